The summed E-state index contributed by atoms with van der Waals surface area (Å²) >= 11 is 0. The zero-order valence-corrected chi connectivity index (χ0v) is 22.5. The maximum Gasteiger partial charge on any atom is 0.129 e. The Morgan fingerprint density at radius 1 is 0.882 bits per heavy atom. The van der Waals surface area contributed by atoms with Crippen molar-refractivity contribution in [2.75, 3.05) is 0 Å². The predicted octanol–water partition coefficient (Wildman–Crippen LogP) is 5.15. The van der Waals surface area contributed by atoms with Crippen molar-refractivity contribution < 1.29 is 20.1 Å². The molecule has 0 spiro atoms. The Hall–Kier alpha value is -0.710. The first-order chi connectivity index (χ1) is 15.7. The largest absolute Gasteiger partial charge is 0.393 e. The van der Waals surface area contributed by atoms with Gasteiger partial charge in [-0.15, -0.1) is 0 Å². The second-order valence-corrected chi connectivity index (χ2v) is 14.5. The lowest BCUT2D eigenvalue weighted by atomic mass is 9.33. The summed E-state index contributed by atoms with van der Waals surface area (Å²) in [5.74, 6) is 1.16. The van der Waals surface area contributed by atoms with E-state index in [4.69, 9.17) is 0 Å². The fourth-order valence-electron chi connectivity index (χ4n) is 10.9. The predicted molar refractivity (Wildman–Crippen MR) is 134 cm³/mol. The van der Waals surface area contributed by atoms with Crippen LogP contribution in [0, 0.1) is 56.7 Å². The third-order valence-electron chi connectivity index (χ3n) is 13.5. The van der Waals surface area contributed by atoms with Crippen molar-refractivity contribution in [2.45, 2.75) is 112 Å². The molecular weight excluding hydrogens is 424 g/mol. The summed E-state index contributed by atoms with van der Waals surface area (Å²) < 4.78 is 0. The minimum atomic E-state index is -0.994. The molecule has 0 aliphatic heterocycles. The summed E-state index contributed by atoms with van der Waals surface area (Å²) in [5.41, 5.74) is 0.759. The summed E-state index contributed by atoms with van der Waals surface area (Å²) in [7, 11) is 0. The molecule has 0 amide bonds. The molecule has 0 aromatic rings. The SMILES string of the molecule is C[C@H]1[C@H](C)[C@H]2C3=CC[C@@H]4[C@@]5(C)CC[C@H](O)C(C)(C)C5CC[C@@]4(C)[C@]3(C)CC[C@@]2(C=O)[C@H](O)[C@@H]1O. The van der Waals surface area contributed by atoms with Crippen molar-refractivity contribution in [1.82, 2.24) is 0 Å². The van der Waals surface area contributed by atoms with E-state index >= 15 is 0 Å². The maximum absolute atomic E-state index is 12.7. The minimum absolute atomic E-state index is 0.00919. The standard InChI is InChI=1S/C30H48O4/c1-17-18(2)24(33)25(34)30(16-31)15-14-28(6)19(23(17)30)8-9-21-27(5)12-11-22(32)26(3,4)20(27)10-13-29(21,28)7/h8,16-18,20-25,32-34H,9-15H2,1-7H3/t17-,18-,20?,21+,22-,23-,24+,25+,27-,28+,29+,30-/m0/s1. The van der Waals surface area contributed by atoms with Crippen molar-refractivity contribution in [3.05, 3.63) is 11.6 Å². The number of hydrogen-bond donors (Lipinski definition) is 3. The van der Waals surface area contributed by atoms with Gasteiger partial charge in [0.15, 0.2) is 0 Å². The van der Waals surface area contributed by atoms with Crippen LogP contribution in [0.5, 0.6) is 0 Å². The average molecular weight is 473 g/mol. The number of fused-ring (bicyclic) bond motifs is 7. The quantitative estimate of drug-likeness (QED) is 0.364. The van der Waals surface area contributed by atoms with Crippen LogP contribution in [0.4, 0.5) is 0 Å². The Balaban J connectivity index is 1.62. The van der Waals surface area contributed by atoms with Gasteiger partial charge < -0.3 is 20.1 Å². The highest BCUT2D eigenvalue weighted by molar-refractivity contribution is 5.65. The molecule has 4 nitrogen and oxygen atoms in total. The smallest absolute Gasteiger partial charge is 0.129 e. The molecule has 12 atom stereocenters. The van der Waals surface area contributed by atoms with Crippen molar-refractivity contribution >= 4 is 6.29 Å². The van der Waals surface area contributed by atoms with Crippen LogP contribution in [0.3, 0.4) is 0 Å². The van der Waals surface area contributed by atoms with Gasteiger partial charge >= 0.3 is 0 Å². The van der Waals surface area contributed by atoms with Crippen LogP contribution in [0.2, 0.25) is 0 Å². The van der Waals surface area contributed by atoms with Gasteiger partial charge in [0, 0.05) is 0 Å². The summed E-state index contributed by atoms with van der Waals surface area (Å²) in [5, 5.41) is 32.9. The van der Waals surface area contributed by atoms with Crippen LogP contribution < -0.4 is 0 Å². The molecule has 3 N–H and O–H groups in total. The summed E-state index contributed by atoms with van der Waals surface area (Å²) in [6.07, 6.45) is 8.24. The van der Waals surface area contributed by atoms with E-state index in [1.807, 2.05) is 6.92 Å². The van der Waals surface area contributed by atoms with E-state index in [2.05, 4.69) is 47.6 Å². The molecule has 1 unspecified atom stereocenters. The fraction of sp³-hybridized carbons (Fsp3) is 0.900. The highest BCUT2D eigenvalue weighted by Crippen LogP contribution is 2.75. The molecule has 0 aromatic carbocycles. The van der Waals surface area contributed by atoms with Crippen LogP contribution in [-0.2, 0) is 4.79 Å². The Morgan fingerprint density at radius 3 is 2.21 bits per heavy atom. The Bertz CT molecular complexity index is 894. The molecule has 4 heteroatoms. The number of carbonyl (C=O) groups is 1. The van der Waals surface area contributed by atoms with Crippen LogP contribution in [-0.4, -0.2) is 39.9 Å². The first-order valence-electron chi connectivity index (χ1n) is 13.9. The third-order valence-corrected chi connectivity index (χ3v) is 13.5. The summed E-state index contributed by atoms with van der Waals surface area (Å²) in [6, 6.07) is 0. The number of aldehydes is 1. The van der Waals surface area contributed by atoms with E-state index in [-0.39, 0.29) is 45.5 Å². The molecule has 0 heterocycles. The molecule has 34 heavy (non-hydrogen) atoms. The van der Waals surface area contributed by atoms with E-state index in [0.29, 0.717) is 18.3 Å². The zero-order chi connectivity index (χ0) is 25.1. The highest BCUT2D eigenvalue weighted by atomic mass is 16.3. The van der Waals surface area contributed by atoms with Gasteiger partial charge in [-0.25, -0.2) is 0 Å². The molecule has 0 bridgehead atoms. The number of rotatable bonds is 1. The average Bonchev–Trinajstić information content (AvgIpc) is 2.79. The molecule has 4 saturated carbocycles. The third kappa shape index (κ3) is 2.69. The minimum Gasteiger partial charge on any atom is -0.393 e. The van der Waals surface area contributed by atoms with Crippen molar-refractivity contribution in [1.29, 1.82) is 0 Å². The fourth-order valence-corrected chi connectivity index (χ4v) is 10.9. The molecule has 4 fully saturated rings. The van der Waals surface area contributed by atoms with Gasteiger partial charge in [-0.05, 0) is 96.2 Å². The normalized spacial score (nSPS) is 58.5. The van der Waals surface area contributed by atoms with Gasteiger partial charge in [-0.2, -0.15) is 0 Å². The van der Waals surface area contributed by atoms with Crippen molar-refractivity contribution in [3.63, 3.8) is 0 Å². The number of hydrogen-bond acceptors (Lipinski definition) is 4. The molecule has 5 rings (SSSR count). The van der Waals surface area contributed by atoms with Gasteiger partial charge in [0.2, 0.25) is 0 Å². The van der Waals surface area contributed by atoms with Crippen LogP contribution >= 0.6 is 0 Å². The van der Waals surface area contributed by atoms with E-state index < -0.39 is 17.6 Å². The van der Waals surface area contributed by atoms with Crippen molar-refractivity contribution in [2.24, 2.45) is 56.7 Å². The summed E-state index contributed by atoms with van der Waals surface area (Å²) in [4.78, 5) is 12.7. The molecule has 0 aromatic heterocycles. The topological polar surface area (TPSA) is 77.8 Å². The van der Waals surface area contributed by atoms with Gasteiger partial charge in [-0.3, -0.25) is 0 Å². The molecule has 5 aliphatic carbocycles. The number of allylic oxidation sites excluding steroid dienone is 2. The lowest BCUT2D eigenvalue weighted by Gasteiger charge is -2.71. The molecule has 192 valence electrons. The monoisotopic (exact) mass is 472 g/mol. The molecule has 0 radical (unpaired) electrons. The van der Waals surface area contributed by atoms with E-state index in [1.54, 1.807) is 0 Å². The van der Waals surface area contributed by atoms with E-state index in [0.717, 1.165) is 44.8 Å². The summed E-state index contributed by atoms with van der Waals surface area (Å²) in [6.45, 7) is 16.3. The number of carbonyl (C=O) groups excluding carboxylic acids is 1. The highest BCUT2D eigenvalue weighted by Gasteiger charge is 2.70. The molecular formula is C30H48O4. The second-order valence-electron chi connectivity index (χ2n) is 14.5. The maximum atomic E-state index is 12.7. The van der Waals surface area contributed by atoms with Crippen LogP contribution in [0.1, 0.15) is 93.4 Å². The Labute approximate surface area is 206 Å². The van der Waals surface area contributed by atoms with Crippen molar-refractivity contribution in [3.8, 4) is 0 Å². The van der Waals surface area contributed by atoms with E-state index in [9.17, 15) is 20.1 Å². The van der Waals surface area contributed by atoms with Gasteiger partial charge in [0.05, 0.1) is 23.7 Å². The lowest BCUT2D eigenvalue weighted by molar-refractivity contribution is -0.216. The van der Waals surface area contributed by atoms with E-state index in [1.165, 1.54) is 5.57 Å². The first-order valence-corrected chi connectivity index (χ1v) is 13.9. The number of aliphatic hydroxyl groups is 3. The molecule has 5 aliphatic rings. The zero-order valence-electron chi connectivity index (χ0n) is 22.5. The van der Waals surface area contributed by atoms with Crippen LogP contribution in [0.25, 0.3) is 0 Å². The van der Waals surface area contributed by atoms with Gasteiger partial charge in [0.25, 0.3) is 0 Å². The Morgan fingerprint density at radius 2 is 1.56 bits per heavy atom. The first kappa shape index (κ1) is 25.0. The molecule has 0 saturated heterocycles. The van der Waals surface area contributed by atoms with Gasteiger partial charge in [0.1, 0.15) is 6.29 Å². The van der Waals surface area contributed by atoms with Gasteiger partial charge in [-0.1, -0.05) is 60.1 Å². The lowest BCUT2D eigenvalue weighted by Crippen LogP contribution is -2.67. The second kappa shape index (κ2) is 7.42. The Kier molecular flexibility index (Phi) is 5.44. The number of aliphatic hydroxyl groups excluding tert-OH is 3. The van der Waals surface area contributed by atoms with Crippen LogP contribution in [0.15, 0.2) is 11.6 Å².